The van der Waals surface area contributed by atoms with Crippen LogP contribution in [0.4, 0.5) is 0 Å². The summed E-state index contributed by atoms with van der Waals surface area (Å²) in [5, 5.41) is 0. The van der Waals surface area contributed by atoms with Crippen molar-refractivity contribution in [3.63, 3.8) is 0 Å². The van der Waals surface area contributed by atoms with Crippen LogP contribution in [0.3, 0.4) is 0 Å². The maximum atomic E-state index is 11.7. The Kier molecular flexibility index (Phi) is 6.75. The van der Waals surface area contributed by atoms with Crippen LogP contribution in [0.1, 0.15) is 15.9 Å². The van der Waals surface area contributed by atoms with Gasteiger partial charge < -0.3 is 4.74 Å². The fourth-order valence-corrected chi connectivity index (χ4v) is 2.61. The molecule has 138 valence electrons. The molecule has 0 N–H and O–H groups in total. The molecule has 0 unspecified atom stereocenters. The summed E-state index contributed by atoms with van der Waals surface area (Å²) in [6.45, 7) is 1.98. The van der Waals surface area contributed by atoms with E-state index in [1.165, 1.54) is 11.1 Å². The second-order valence-electron chi connectivity index (χ2n) is 6.30. The molecule has 0 atom stereocenters. The minimum atomic E-state index is -0.328. The van der Waals surface area contributed by atoms with Crippen LogP contribution in [0.25, 0.3) is 11.1 Å². The first-order valence-corrected chi connectivity index (χ1v) is 9.17. The van der Waals surface area contributed by atoms with E-state index in [2.05, 4.69) is 48.5 Å². The smallest absolute Gasteiger partial charge is 0.343 e. The molecule has 0 aromatic heterocycles. The first-order chi connectivity index (χ1) is 13.7. The summed E-state index contributed by atoms with van der Waals surface area (Å²) in [7, 11) is 0. The molecule has 0 saturated heterocycles. The zero-order valence-electron chi connectivity index (χ0n) is 15.8. The van der Waals surface area contributed by atoms with E-state index in [0.717, 1.165) is 5.56 Å². The van der Waals surface area contributed by atoms with E-state index in [1.54, 1.807) is 24.3 Å². The third-order valence-corrected chi connectivity index (χ3v) is 4.12. The second-order valence-corrected chi connectivity index (χ2v) is 6.30. The zero-order chi connectivity index (χ0) is 19.6. The fourth-order valence-electron chi connectivity index (χ4n) is 2.61. The van der Waals surface area contributed by atoms with Gasteiger partial charge in [0.2, 0.25) is 0 Å². The van der Waals surface area contributed by atoms with E-state index in [4.69, 9.17) is 4.74 Å². The highest BCUT2D eigenvalue weighted by Gasteiger charge is 2.07. The van der Waals surface area contributed by atoms with Crippen LogP contribution in [-0.4, -0.2) is 5.97 Å². The summed E-state index contributed by atoms with van der Waals surface area (Å²) >= 11 is 0. The van der Waals surface area contributed by atoms with Gasteiger partial charge in [0.05, 0.1) is 5.56 Å². The van der Waals surface area contributed by atoms with Crippen LogP contribution in [0.15, 0.2) is 115 Å². The third kappa shape index (κ3) is 5.68. The molecule has 0 aliphatic rings. The predicted molar refractivity (Wildman–Crippen MR) is 114 cm³/mol. The van der Waals surface area contributed by atoms with Gasteiger partial charge in [0.1, 0.15) is 5.75 Å². The first-order valence-electron chi connectivity index (χ1n) is 9.17. The average Bonchev–Trinajstić information content (AvgIpc) is 2.77. The van der Waals surface area contributed by atoms with Gasteiger partial charge in [-0.2, -0.15) is 0 Å². The van der Waals surface area contributed by atoms with Crippen molar-refractivity contribution in [2.45, 2.75) is 6.92 Å². The maximum Gasteiger partial charge on any atom is 0.343 e. The number of carbonyl (C=O) groups is 1. The Morgan fingerprint density at radius 2 is 1.00 bits per heavy atom. The summed E-state index contributed by atoms with van der Waals surface area (Å²) in [6.07, 6.45) is 0. The molecule has 0 radical (unpaired) electrons. The summed E-state index contributed by atoms with van der Waals surface area (Å²) in [6, 6.07) is 37.1. The molecule has 28 heavy (non-hydrogen) atoms. The van der Waals surface area contributed by atoms with Gasteiger partial charge in [-0.15, -0.1) is 0 Å². The van der Waals surface area contributed by atoms with Crippen LogP contribution < -0.4 is 4.74 Å². The van der Waals surface area contributed by atoms with E-state index in [1.807, 2.05) is 49.4 Å². The monoisotopic (exact) mass is 366 g/mol. The van der Waals surface area contributed by atoms with E-state index in [-0.39, 0.29) is 5.97 Å². The minimum absolute atomic E-state index is 0.328. The normalized spacial score (nSPS) is 9.75. The molecule has 0 amide bonds. The summed E-state index contributed by atoms with van der Waals surface area (Å²) in [4.78, 5) is 11.7. The molecule has 0 bridgehead atoms. The van der Waals surface area contributed by atoms with Crippen LogP contribution in [0.2, 0.25) is 0 Å². The largest absolute Gasteiger partial charge is 0.423 e. The number of aryl methyl sites for hydroxylation is 1. The molecule has 0 spiro atoms. The number of esters is 1. The fraction of sp³-hybridized carbons (Fsp3) is 0.0385. The molecule has 0 aliphatic carbocycles. The molecule has 4 aromatic carbocycles. The maximum absolute atomic E-state index is 11.7. The van der Waals surface area contributed by atoms with Crippen molar-refractivity contribution in [1.82, 2.24) is 0 Å². The van der Waals surface area contributed by atoms with Gasteiger partial charge in [-0.1, -0.05) is 96.6 Å². The van der Waals surface area contributed by atoms with E-state index in [0.29, 0.717) is 11.3 Å². The molecular formula is C26H22O2. The molecule has 0 saturated carbocycles. The quantitative estimate of drug-likeness (QED) is 0.303. The van der Waals surface area contributed by atoms with Crippen LogP contribution >= 0.6 is 0 Å². The van der Waals surface area contributed by atoms with Gasteiger partial charge in [0.25, 0.3) is 0 Å². The lowest BCUT2D eigenvalue weighted by atomic mass is 10.1. The van der Waals surface area contributed by atoms with Crippen molar-refractivity contribution in [2.24, 2.45) is 0 Å². The van der Waals surface area contributed by atoms with E-state index >= 15 is 0 Å². The Hall–Kier alpha value is -3.65. The van der Waals surface area contributed by atoms with Crippen molar-refractivity contribution >= 4 is 5.97 Å². The molecule has 2 nitrogen and oxygen atoms in total. The molecule has 0 fully saturated rings. The van der Waals surface area contributed by atoms with Crippen molar-refractivity contribution in [3.8, 4) is 16.9 Å². The number of para-hydroxylation sites is 1. The SMILES string of the molecule is Cc1ccc(C(=O)Oc2ccccc2)cc1.c1ccc(-c2ccccc2)cc1. The number of hydrogen-bond donors (Lipinski definition) is 0. The number of rotatable bonds is 3. The third-order valence-electron chi connectivity index (χ3n) is 4.12. The minimum Gasteiger partial charge on any atom is -0.423 e. The summed E-state index contributed by atoms with van der Waals surface area (Å²) in [5.41, 5.74) is 4.24. The van der Waals surface area contributed by atoms with Gasteiger partial charge in [-0.25, -0.2) is 4.79 Å². The van der Waals surface area contributed by atoms with E-state index in [9.17, 15) is 4.79 Å². The Balaban J connectivity index is 0.000000167. The van der Waals surface area contributed by atoms with Gasteiger partial charge in [0, 0.05) is 0 Å². The van der Waals surface area contributed by atoms with Gasteiger partial charge in [-0.3, -0.25) is 0 Å². The molecule has 0 heterocycles. The highest BCUT2D eigenvalue weighted by atomic mass is 16.5. The van der Waals surface area contributed by atoms with Crippen molar-refractivity contribution in [1.29, 1.82) is 0 Å². The summed E-state index contributed by atoms with van der Waals surface area (Å²) in [5.74, 6) is 0.235. The highest BCUT2D eigenvalue weighted by Crippen LogP contribution is 2.17. The lowest BCUT2D eigenvalue weighted by Crippen LogP contribution is -2.08. The Morgan fingerprint density at radius 3 is 1.46 bits per heavy atom. The van der Waals surface area contributed by atoms with Crippen molar-refractivity contribution in [3.05, 3.63) is 126 Å². The lowest BCUT2D eigenvalue weighted by Gasteiger charge is -2.03. The number of ether oxygens (including phenoxy) is 1. The molecule has 0 aliphatic heterocycles. The van der Waals surface area contributed by atoms with Crippen LogP contribution in [0.5, 0.6) is 5.75 Å². The number of hydrogen-bond acceptors (Lipinski definition) is 2. The lowest BCUT2D eigenvalue weighted by molar-refractivity contribution is 0.0735. The first kappa shape index (κ1) is 19.1. The van der Waals surface area contributed by atoms with Crippen molar-refractivity contribution < 1.29 is 9.53 Å². The molecular weight excluding hydrogens is 344 g/mol. The predicted octanol–water partition coefficient (Wildman–Crippen LogP) is 6.57. The topological polar surface area (TPSA) is 26.3 Å². The zero-order valence-corrected chi connectivity index (χ0v) is 15.8. The molecule has 4 aromatic rings. The van der Waals surface area contributed by atoms with Gasteiger partial charge in [-0.05, 0) is 42.3 Å². The Labute approximate surface area is 166 Å². The van der Waals surface area contributed by atoms with Gasteiger partial charge >= 0.3 is 5.97 Å². The molecule has 4 rings (SSSR count). The van der Waals surface area contributed by atoms with Crippen molar-refractivity contribution in [2.75, 3.05) is 0 Å². The number of benzene rings is 4. The Morgan fingerprint density at radius 1 is 0.571 bits per heavy atom. The van der Waals surface area contributed by atoms with Crippen LogP contribution in [-0.2, 0) is 0 Å². The van der Waals surface area contributed by atoms with Crippen LogP contribution in [0, 0.1) is 6.92 Å². The number of carbonyl (C=O) groups excluding carboxylic acids is 1. The average molecular weight is 366 g/mol. The van der Waals surface area contributed by atoms with Gasteiger partial charge in [0.15, 0.2) is 0 Å². The molecule has 2 heteroatoms. The Bertz CT molecular complexity index is 939. The summed E-state index contributed by atoms with van der Waals surface area (Å²) < 4.78 is 5.20. The highest BCUT2D eigenvalue weighted by molar-refractivity contribution is 5.91. The second kappa shape index (κ2) is 9.89. The van der Waals surface area contributed by atoms with E-state index < -0.39 is 0 Å². The standard InChI is InChI=1S/C14H12O2.C12H10/c1-11-7-9-12(10-8-11)14(15)16-13-5-3-2-4-6-13;1-3-7-11(8-4-1)12-9-5-2-6-10-12/h2-10H,1H3;1-10H.